The molecule has 0 aliphatic rings. The quantitative estimate of drug-likeness (QED) is 0.609. The van der Waals surface area contributed by atoms with Gasteiger partial charge in [-0.05, 0) is 58.9 Å². The molecule has 0 spiro atoms. The molecule has 2 aromatic heterocycles. The van der Waals surface area contributed by atoms with Crippen LogP contribution in [0.5, 0.6) is 0 Å². The summed E-state index contributed by atoms with van der Waals surface area (Å²) in [7, 11) is 0. The number of quaternary nitrogens is 1. The van der Waals surface area contributed by atoms with Crippen molar-refractivity contribution in [2.24, 2.45) is 0 Å². The van der Waals surface area contributed by atoms with Gasteiger partial charge in [-0.15, -0.1) is 0 Å². The zero-order valence-electron chi connectivity index (χ0n) is 15.7. The third-order valence-electron chi connectivity index (χ3n) is 3.40. The maximum absolute atomic E-state index is 13.2. The number of ether oxygens (including phenoxy) is 1. The van der Waals surface area contributed by atoms with E-state index in [1.807, 2.05) is 6.07 Å². The van der Waals surface area contributed by atoms with E-state index in [-0.39, 0.29) is 5.82 Å². The summed E-state index contributed by atoms with van der Waals surface area (Å²) in [4.78, 5) is 20.9. The molecule has 2 heterocycles. The van der Waals surface area contributed by atoms with Gasteiger partial charge in [0.2, 0.25) is 0 Å². The third-order valence-corrected chi connectivity index (χ3v) is 3.40. The molecule has 0 aliphatic heterocycles. The number of nitrogens with one attached hydrogen (secondary N) is 2. The molecule has 1 atom stereocenters. The molecule has 2 rings (SSSR count). The first kappa shape index (κ1) is 19.6. The molecule has 1 amide bonds. The Morgan fingerprint density at radius 2 is 1.85 bits per heavy atom. The number of anilines is 3. The van der Waals surface area contributed by atoms with Gasteiger partial charge in [0.1, 0.15) is 17.5 Å². The number of carbonyl (C=O) groups excluding carboxylic acids is 1. The van der Waals surface area contributed by atoms with E-state index >= 15 is 0 Å². The van der Waals surface area contributed by atoms with Gasteiger partial charge >= 0.3 is 6.09 Å². The lowest BCUT2D eigenvalue weighted by Crippen LogP contribution is -2.58. The summed E-state index contributed by atoms with van der Waals surface area (Å²) in [5.41, 5.74) is 2.42. The van der Waals surface area contributed by atoms with E-state index in [9.17, 15) is 10.0 Å². The molecule has 0 radical (unpaired) electrons. The van der Waals surface area contributed by atoms with Crippen molar-refractivity contribution < 1.29 is 14.3 Å². The van der Waals surface area contributed by atoms with Crippen molar-refractivity contribution in [3.63, 3.8) is 0 Å². The van der Waals surface area contributed by atoms with Crippen molar-refractivity contribution >= 4 is 23.4 Å². The Morgan fingerprint density at radius 1 is 1.15 bits per heavy atom. The molecule has 0 fully saturated rings. The molecule has 140 valence electrons. The van der Waals surface area contributed by atoms with Gasteiger partial charge in [-0.2, -0.15) is 9.55 Å². The number of pyridine rings is 2. The predicted octanol–water partition coefficient (Wildman–Crippen LogP) is 4.21. The second kappa shape index (κ2) is 7.67. The fraction of sp³-hybridized carbons (Fsp3) is 0.389. The molecule has 0 bridgehead atoms. The third kappa shape index (κ3) is 4.90. The number of rotatable bonds is 5. The maximum atomic E-state index is 13.2. The van der Waals surface area contributed by atoms with Crippen molar-refractivity contribution in [3.8, 4) is 0 Å². The number of aromatic nitrogens is 2. The van der Waals surface area contributed by atoms with E-state index in [4.69, 9.17) is 4.74 Å². The Labute approximate surface area is 153 Å². The van der Waals surface area contributed by atoms with Crippen molar-refractivity contribution in [1.82, 2.24) is 9.97 Å². The maximum Gasteiger partial charge on any atom is 0.542 e. The summed E-state index contributed by atoms with van der Waals surface area (Å²) in [6.07, 6.45) is 2.25. The molecule has 0 saturated heterocycles. The van der Waals surface area contributed by atoms with Crippen molar-refractivity contribution in [3.05, 3.63) is 47.9 Å². The number of hydrogen-bond donors (Lipinski definition) is 2. The van der Waals surface area contributed by atoms with Crippen LogP contribution in [0.4, 0.5) is 22.1 Å². The average Bonchev–Trinajstić information content (AvgIpc) is 2.55. The number of carbonyl (C=O) groups is 1. The summed E-state index contributed by atoms with van der Waals surface area (Å²) >= 11 is 0. The Morgan fingerprint density at radius 3 is 2.42 bits per heavy atom. The summed E-state index contributed by atoms with van der Waals surface area (Å²) in [6, 6.07) is 8.25. The Bertz CT molecular complexity index is 746. The molecule has 26 heavy (non-hydrogen) atoms. The van der Waals surface area contributed by atoms with Crippen LogP contribution in [0.2, 0.25) is 0 Å². The van der Waals surface area contributed by atoms with Crippen LogP contribution >= 0.6 is 0 Å². The van der Waals surface area contributed by atoms with Gasteiger partial charge in [0, 0.05) is 12.4 Å². The van der Waals surface area contributed by atoms with Crippen LogP contribution in [-0.4, -0.2) is 32.5 Å². The van der Waals surface area contributed by atoms with Gasteiger partial charge in [0.15, 0.2) is 5.82 Å². The lowest BCUT2D eigenvalue weighted by Gasteiger charge is -2.41. The second-order valence-corrected chi connectivity index (χ2v) is 7.08. The van der Waals surface area contributed by atoms with E-state index in [2.05, 4.69) is 20.7 Å². The average molecular weight is 359 g/mol. The second-order valence-electron chi connectivity index (χ2n) is 7.08. The molecular weight excluding hydrogens is 334 g/mol. The van der Waals surface area contributed by atoms with Gasteiger partial charge in [-0.1, -0.05) is 6.07 Å². The Hall–Kier alpha value is -2.71. The van der Waals surface area contributed by atoms with Crippen LogP contribution < -0.4 is 10.7 Å². The molecule has 2 aromatic rings. The molecule has 0 aromatic carbocycles. The summed E-state index contributed by atoms with van der Waals surface area (Å²) < 4.78 is 3.89. The highest BCUT2D eigenvalue weighted by atomic mass is 16.7. The van der Waals surface area contributed by atoms with E-state index in [1.165, 1.54) is 6.20 Å². The van der Waals surface area contributed by atoms with Gasteiger partial charge in [-0.25, -0.2) is 15.4 Å². The number of amides is 1. The molecule has 0 aliphatic carbocycles. The first-order valence-corrected chi connectivity index (χ1v) is 8.36. The van der Waals surface area contributed by atoms with Crippen molar-refractivity contribution in [2.75, 3.05) is 10.7 Å². The van der Waals surface area contributed by atoms with Crippen LogP contribution in [0.25, 0.3) is 0 Å². The minimum Gasteiger partial charge on any atom is -0.596 e. The lowest BCUT2D eigenvalue weighted by molar-refractivity contribution is -0.808. The summed E-state index contributed by atoms with van der Waals surface area (Å²) in [5, 5.41) is 16.3. The highest BCUT2D eigenvalue weighted by Crippen LogP contribution is 2.27. The fourth-order valence-electron chi connectivity index (χ4n) is 2.04. The highest BCUT2D eigenvalue weighted by Gasteiger charge is 2.38. The first-order chi connectivity index (χ1) is 12.1. The van der Waals surface area contributed by atoms with Crippen molar-refractivity contribution in [1.29, 1.82) is 0 Å². The zero-order chi connectivity index (χ0) is 19.4. The number of hydrogen-bond acceptors (Lipinski definition) is 7. The van der Waals surface area contributed by atoms with Gasteiger partial charge in [0.05, 0.1) is 5.69 Å². The van der Waals surface area contributed by atoms with E-state index in [0.717, 1.165) is 0 Å². The monoisotopic (exact) mass is 359 g/mol. The predicted molar refractivity (Wildman–Crippen MR) is 100 cm³/mol. The topological polar surface area (TPSA) is 99.2 Å². The van der Waals surface area contributed by atoms with Gasteiger partial charge < -0.3 is 15.3 Å². The summed E-state index contributed by atoms with van der Waals surface area (Å²) in [6.45, 7) is 8.41. The first-order valence-electron chi connectivity index (χ1n) is 8.36. The highest BCUT2D eigenvalue weighted by molar-refractivity contribution is 5.70. The van der Waals surface area contributed by atoms with Crippen LogP contribution in [0.1, 0.15) is 34.6 Å². The minimum atomic E-state index is -1.40. The SMILES string of the molecule is CC(C)[N+]([O-])(Nc1ncccc1Nc1ccccn1)C(=O)OC(C)(C)C. The molecular formula is C18H25N5O3. The minimum absolute atomic E-state index is 0.229. The Kier molecular flexibility index (Phi) is 5.79. The molecule has 8 nitrogen and oxygen atoms in total. The molecule has 8 heteroatoms. The standard InChI is InChI=1S/C18H25N5O3/c1-13(2)23(25,17(24)26-18(3,4)5)22-16-14(9-8-12-20-16)21-15-10-6-7-11-19-15/h6-13H,1-5H3,(H,19,21)(H,20,22). The zero-order valence-corrected chi connectivity index (χ0v) is 15.7. The van der Waals surface area contributed by atoms with Crippen LogP contribution in [-0.2, 0) is 4.74 Å². The smallest absolute Gasteiger partial charge is 0.542 e. The van der Waals surface area contributed by atoms with Crippen molar-refractivity contribution in [2.45, 2.75) is 46.3 Å². The molecule has 2 N–H and O–H groups in total. The lowest BCUT2D eigenvalue weighted by atomic mass is 10.2. The normalized spacial score (nSPS) is 13.8. The van der Waals surface area contributed by atoms with E-state index in [0.29, 0.717) is 11.5 Å². The van der Waals surface area contributed by atoms with Gasteiger partial charge in [0.25, 0.3) is 0 Å². The van der Waals surface area contributed by atoms with E-state index < -0.39 is 22.5 Å². The number of nitrogens with zero attached hydrogens (tertiary/aromatic N) is 3. The molecule has 1 unspecified atom stereocenters. The van der Waals surface area contributed by atoms with Gasteiger partial charge in [-0.3, -0.25) is 0 Å². The summed E-state index contributed by atoms with van der Waals surface area (Å²) in [5.74, 6) is 0.821. The van der Waals surface area contributed by atoms with Crippen LogP contribution in [0.15, 0.2) is 42.7 Å². The molecule has 0 saturated carbocycles. The fourth-order valence-corrected chi connectivity index (χ4v) is 2.04. The number of hydroxylamine groups is 2. The van der Waals surface area contributed by atoms with Crippen LogP contribution in [0, 0.1) is 5.21 Å². The largest absolute Gasteiger partial charge is 0.596 e. The Balaban J connectivity index is 2.30. The van der Waals surface area contributed by atoms with E-state index in [1.54, 1.807) is 65.1 Å². The van der Waals surface area contributed by atoms with Crippen LogP contribution in [0.3, 0.4) is 0 Å².